The molecule has 4 heterocycles. The molecule has 150 valence electrons. The van der Waals surface area contributed by atoms with Crippen LogP contribution in [0.5, 0.6) is 0 Å². The van der Waals surface area contributed by atoms with E-state index in [0.717, 1.165) is 29.6 Å². The van der Waals surface area contributed by atoms with Crippen molar-refractivity contribution in [3.8, 4) is 11.3 Å². The topological polar surface area (TPSA) is 80.0 Å². The highest BCUT2D eigenvalue weighted by Gasteiger charge is 2.49. The predicted molar refractivity (Wildman–Crippen MR) is 106 cm³/mol. The van der Waals surface area contributed by atoms with Gasteiger partial charge in [0.25, 0.3) is 0 Å². The third kappa shape index (κ3) is 2.65. The van der Waals surface area contributed by atoms with Crippen LogP contribution in [0.1, 0.15) is 19.7 Å². The SMILES string of the molecule is CCn1nccc1Nc1c(-c2ccc(F)cc2)nc2n1CCN1C(=O)CNC21C. The number of nitrogens with zero attached hydrogens (tertiary/aromatic N) is 5. The third-order valence-corrected chi connectivity index (χ3v) is 5.76. The van der Waals surface area contributed by atoms with Gasteiger partial charge in [-0.25, -0.2) is 14.1 Å². The second-order valence-corrected chi connectivity index (χ2v) is 7.42. The molecule has 2 aromatic heterocycles. The van der Waals surface area contributed by atoms with E-state index in [1.165, 1.54) is 12.1 Å². The zero-order valence-electron chi connectivity index (χ0n) is 16.3. The average molecular weight is 395 g/mol. The van der Waals surface area contributed by atoms with E-state index < -0.39 is 5.66 Å². The number of hydrogen-bond donors (Lipinski definition) is 2. The number of fused-ring (bicyclic) bond motifs is 3. The lowest BCUT2D eigenvalue weighted by Gasteiger charge is -2.39. The molecule has 2 aliphatic heterocycles. The van der Waals surface area contributed by atoms with Crippen LogP contribution in [0.15, 0.2) is 36.5 Å². The minimum Gasteiger partial charge on any atom is -0.325 e. The molecule has 0 bridgehead atoms. The number of imidazole rings is 1. The molecule has 1 amide bonds. The van der Waals surface area contributed by atoms with Crippen LogP contribution < -0.4 is 10.6 Å². The Bertz CT molecular complexity index is 1090. The number of aromatic nitrogens is 4. The van der Waals surface area contributed by atoms with Crippen LogP contribution in [0, 0.1) is 5.82 Å². The minimum absolute atomic E-state index is 0.0728. The first-order chi connectivity index (χ1) is 14.0. The molecular weight excluding hydrogens is 373 g/mol. The summed E-state index contributed by atoms with van der Waals surface area (Å²) in [6.45, 7) is 6.23. The fourth-order valence-corrected chi connectivity index (χ4v) is 4.23. The normalized spacial score (nSPS) is 20.7. The molecule has 9 heteroatoms. The summed E-state index contributed by atoms with van der Waals surface area (Å²) in [6.07, 6.45) is 1.75. The Morgan fingerprint density at radius 3 is 2.79 bits per heavy atom. The van der Waals surface area contributed by atoms with E-state index in [4.69, 9.17) is 4.98 Å². The number of carbonyl (C=O) groups excluding carboxylic acids is 1. The zero-order valence-corrected chi connectivity index (χ0v) is 16.3. The number of halogens is 1. The Hall–Kier alpha value is -3.20. The number of hydrogen-bond acceptors (Lipinski definition) is 5. The molecule has 8 nitrogen and oxygen atoms in total. The first-order valence-corrected chi connectivity index (χ1v) is 9.72. The molecule has 1 fully saturated rings. The number of carbonyl (C=O) groups is 1. The van der Waals surface area contributed by atoms with E-state index in [1.54, 1.807) is 18.3 Å². The molecule has 29 heavy (non-hydrogen) atoms. The van der Waals surface area contributed by atoms with Gasteiger partial charge in [-0.05, 0) is 38.1 Å². The molecule has 2 aliphatic rings. The number of amides is 1. The summed E-state index contributed by atoms with van der Waals surface area (Å²) in [5.41, 5.74) is 0.848. The van der Waals surface area contributed by atoms with Gasteiger partial charge >= 0.3 is 0 Å². The van der Waals surface area contributed by atoms with Crippen molar-refractivity contribution in [2.24, 2.45) is 0 Å². The standard InChI is InChI=1S/C20H22FN7O/c1-3-28-15(8-9-23-28)24-18-17(13-4-6-14(21)7-5-13)25-19-20(2)22-12-16(29)27(20)11-10-26(18)19/h4-9,22,24H,3,10-12H2,1-2H3. The van der Waals surface area contributed by atoms with Crippen LogP contribution >= 0.6 is 0 Å². The first kappa shape index (κ1) is 17.9. The van der Waals surface area contributed by atoms with E-state index in [-0.39, 0.29) is 11.7 Å². The molecule has 1 unspecified atom stereocenters. The molecule has 0 saturated carbocycles. The Kier molecular flexibility index (Phi) is 3.95. The van der Waals surface area contributed by atoms with Crippen LogP contribution in [0.25, 0.3) is 11.3 Å². The number of rotatable bonds is 4. The third-order valence-electron chi connectivity index (χ3n) is 5.76. The second kappa shape index (κ2) is 6.41. The highest BCUT2D eigenvalue weighted by Crippen LogP contribution is 2.39. The van der Waals surface area contributed by atoms with Crippen molar-refractivity contribution in [1.82, 2.24) is 29.5 Å². The minimum atomic E-state index is -0.672. The molecule has 3 aromatic rings. The van der Waals surface area contributed by atoms with E-state index in [9.17, 15) is 9.18 Å². The van der Waals surface area contributed by atoms with E-state index >= 15 is 0 Å². The number of aryl methyl sites for hydroxylation is 1. The van der Waals surface area contributed by atoms with E-state index in [1.807, 2.05) is 29.5 Å². The summed E-state index contributed by atoms with van der Waals surface area (Å²) in [7, 11) is 0. The maximum Gasteiger partial charge on any atom is 0.238 e. The maximum atomic E-state index is 13.5. The van der Waals surface area contributed by atoms with Crippen molar-refractivity contribution < 1.29 is 9.18 Å². The van der Waals surface area contributed by atoms with Gasteiger partial charge in [0.2, 0.25) is 5.91 Å². The van der Waals surface area contributed by atoms with Gasteiger partial charge in [-0.1, -0.05) is 0 Å². The van der Waals surface area contributed by atoms with Crippen molar-refractivity contribution >= 4 is 17.5 Å². The molecular formula is C20H22FN7O. The summed E-state index contributed by atoms with van der Waals surface area (Å²) < 4.78 is 17.5. The van der Waals surface area contributed by atoms with Gasteiger partial charge in [-0.15, -0.1) is 0 Å². The monoisotopic (exact) mass is 395 g/mol. The van der Waals surface area contributed by atoms with Crippen molar-refractivity contribution in [3.05, 3.63) is 48.2 Å². The molecule has 5 rings (SSSR count). The van der Waals surface area contributed by atoms with Crippen molar-refractivity contribution in [2.45, 2.75) is 32.6 Å². The van der Waals surface area contributed by atoms with E-state index in [2.05, 4.69) is 20.3 Å². The van der Waals surface area contributed by atoms with Crippen LogP contribution in [0.3, 0.4) is 0 Å². The highest BCUT2D eigenvalue weighted by molar-refractivity contribution is 5.83. The molecule has 1 saturated heterocycles. The number of benzene rings is 1. The Balaban J connectivity index is 1.68. The molecule has 0 aliphatic carbocycles. The van der Waals surface area contributed by atoms with Crippen molar-refractivity contribution in [2.75, 3.05) is 18.4 Å². The Morgan fingerprint density at radius 2 is 2.03 bits per heavy atom. The fourth-order valence-electron chi connectivity index (χ4n) is 4.23. The van der Waals surface area contributed by atoms with Gasteiger partial charge in [0.15, 0.2) is 11.5 Å². The van der Waals surface area contributed by atoms with Gasteiger partial charge in [0.05, 0.1) is 12.7 Å². The molecule has 0 spiro atoms. The molecule has 2 N–H and O–H groups in total. The fraction of sp³-hybridized carbons (Fsp3) is 0.350. The van der Waals surface area contributed by atoms with Gasteiger partial charge in [-0.2, -0.15) is 5.10 Å². The summed E-state index contributed by atoms with van der Waals surface area (Å²) in [5.74, 6) is 2.20. The van der Waals surface area contributed by atoms with Crippen molar-refractivity contribution in [1.29, 1.82) is 0 Å². The van der Waals surface area contributed by atoms with Gasteiger partial charge < -0.3 is 14.8 Å². The van der Waals surface area contributed by atoms with Crippen LogP contribution in [-0.2, 0) is 23.5 Å². The Labute approximate surface area is 167 Å². The zero-order chi connectivity index (χ0) is 20.2. The smallest absolute Gasteiger partial charge is 0.238 e. The number of anilines is 2. The summed E-state index contributed by atoms with van der Waals surface area (Å²) >= 11 is 0. The lowest BCUT2D eigenvalue weighted by atomic mass is 10.1. The molecule has 1 aromatic carbocycles. The van der Waals surface area contributed by atoms with Crippen LogP contribution in [0.4, 0.5) is 16.0 Å². The van der Waals surface area contributed by atoms with Gasteiger partial charge in [0.1, 0.15) is 23.1 Å². The summed E-state index contributed by atoms with van der Waals surface area (Å²) in [4.78, 5) is 19.1. The lowest BCUT2D eigenvalue weighted by molar-refractivity contribution is -0.131. The second-order valence-electron chi connectivity index (χ2n) is 7.42. The van der Waals surface area contributed by atoms with E-state index in [0.29, 0.717) is 25.3 Å². The quantitative estimate of drug-likeness (QED) is 0.709. The molecule has 1 atom stereocenters. The highest BCUT2D eigenvalue weighted by atomic mass is 19.1. The average Bonchev–Trinajstić information content (AvgIpc) is 3.40. The number of nitrogens with one attached hydrogen (secondary N) is 2. The summed E-state index contributed by atoms with van der Waals surface area (Å²) in [5, 5.41) is 11.1. The van der Waals surface area contributed by atoms with Crippen LogP contribution in [-0.4, -0.2) is 43.2 Å². The maximum absolute atomic E-state index is 13.5. The van der Waals surface area contributed by atoms with Gasteiger partial charge in [0, 0.05) is 31.3 Å². The lowest BCUT2D eigenvalue weighted by Crippen LogP contribution is -2.53. The van der Waals surface area contributed by atoms with Crippen molar-refractivity contribution in [3.63, 3.8) is 0 Å². The largest absolute Gasteiger partial charge is 0.325 e. The van der Waals surface area contributed by atoms with Crippen LogP contribution in [0.2, 0.25) is 0 Å². The van der Waals surface area contributed by atoms with Gasteiger partial charge in [-0.3, -0.25) is 10.1 Å². The predicted octanol–water partition coefficient (Wildman–Crippen LogP) is 2.27. The summed E-state index contributed by atoms with van der Waals surface area (Å²) in [6, 6.07) is 8.21. The first-order valence-electron chi connectivity index (χ1n) is 9.72. The Morgan fingerprint density at radius 1 is 1.24 bits per heavy atom. The molecule has 0 radical (unpaired) electrons.